The number of carbonyl (C=O) groups is 2. The molecule has 8 nitrogen and oxygen atoms in total. The monoisotopic (exact) mass is 502 g/mol. The molecule has 0 radical (unpaired) electrons. The Labute approximate surface area is 216 Å². The molecule has 194 valence electrons. The van der Waals surface area contributed by atoms with Crippen LogP contribution in [-0.2, 0) is 27.2 Å². The van der Waals surface area contributed by atoms with Gasteiger partial charge in [-0.1, -0.05) is 36.4 Å². The average Bonchev–Trinajstić information content (AvgIpc) is 3.56. The minimum Gasteiger partial charge on any atom is -0.378 e. The lowest BCUT2D eigenvalue weighted by atomic mass is 10.0. The number of para-hydroxylation sites is 1. The summed E-state index contributed by atoms with van der Waals surface area (Å²) in [6.07, 6.45) is 8.48. The summed E-state index contributed by atoms with van der Waals surface area (Å²) in [5.41, 5.74) is 7.55. The van der Waals surface area contributed by atoms with Crippen molar-refractivity contribution in [1.29, 1.82) is 0 Å². The van der Waals surface area contributed by atoms with Gasteiger partial charge in [-0.3, -0.25) is 19.7 Å². The molecule has 1 aliphatic carbocycles. The van der Waals surface area contributed by atoms with E-state index in [1.807, 2.05) is 17.0 Å². The van der Waals surface area contributed by atoms with Gasteiger partial charge in [-0.05, 0) is 53.7 Å². The smallest absolute Gasteiger partial charge is 0.267 e. The number of H-pyrrole nitrogens is 1. The Morgan fingerprint density at radius 3 is 2.84 bits per heavy atom. The van der Waals surface area contributed by atoms with Crippen LogP contribution in [0.15, 0.2) is 54.7 Å². The first-order valence-corrected chi connectivity index (χ1v) is 13.0. The number of amides is 2. The number of hydrogen-bond donors (Lipinski definition) is 3. The predicted molar refractivity (Wildman–Crippen MR) is 142 cm³/mol. The topological polar surface area (TPSA) is 97.9 Å². The molecular formula is C29H34N4O4. The number of aryl methyl sites for hydroxylation is 1. The molecule has 2 aliphatic rings. The van der Waals surface area contributed by atoms with Crippen LogP contribution >= 0.6 is 0 Å². The van der Waals surface area contributed by atoms with Gasteiger partial charge in [0.15, 0.2) is 0 Å². The summed E-state index contributed by atoms with van der Waals surface area (Å²) >= 11 is 0. The summed E-state index contributed by atoms with van der Waals surface area (Å²) in [6.45, 7) is 4.14. The van der Waals surface area contributed by atoms with E-state index < -0.39 is 5.91 Å². The molecule has 2 aromatic carbocycles. The highest BCUT2D eigenvalue weighted by Gasteiger charge is 2.29. The quantitative estimate of drug-likeness (QED) is 0.237. The highest BCUT2D eigenvalue weighted by atomic mass is 16.5. The lowest BCUT2D eigenvalue weighted by molar-refractivity contribution is -0.135. The van der Waals surface area contributed by atoms with Gasteiger partial charge in [0.05, 0.1) is 13.2 Å². The summed E-state index contributed by atoms with van der Waals surface area (Å²) in [7, 11) is 0. The van der Waals surface area contributed by atoms with Crippen LogP contribution in [0.3, 0.4) is 0 Å². The number of aromatic nitrogens is 1. The molecule has 0 saturated carbocycles. The van der Waals surface area contributed by atoms with Crippen molar-refractivity contribution in [3.8, 4) is 0 Å². The standard InChI is InChI=1S/C29H34N4O4/c34-28(31-36)10-6-21-5-8-25-22(19-21)7-9-27(25)32(14-12-29(35)33-15-17-37-18-16-33)13-11-23-20-30-26-4-2-1-3-24(23)26/h1-6,8,10,19-20,27,30,36H,7,9,11-18H2,(H,31,34). The summed E-state index contributed by atoms with van der Waals surface area (Å²) in [5.74, 6) is -0.354. The summed E-state index contributed by atoms with van der Waals surface area (Å²) in [6, 6.07) is 14.9. The van der Waals surface area contributed by atoms with Gasteiger partial charge in [-0.2, -0.15) is 0 Å². The van der Waals surface area contributed by atoms with Gasteiger partial charge in [0.1, 0.15) is 0 Å². The molecule has 0 bridgehead atoms. The molecule has 8 heteroatoms. The molecule has 37 heavy (non-hydrogen) atoms. The van der Waals surface area contributed by atoms with Crippen molar-refractivity contribution in [1.82, 2.24) is 20.3 Å². The Morgan fingerprint density at radius 2 is 2.00 bits per heavy atom. The Balaban J connectivity index is 1.32. The predicted octanol–water partition coefficient (Wildman–Crippen LogP) is 3.47. The largest absolute Gasteiger partial charge is 0.378 e. The third kappa shape index (κ3) is 5.93. The molecule has 1 aromatic heterocycles. The lowest BCUT2D eigenvalue weighted by Crippen LogP contribution is -2.42. The normalized spacial score (nSPS) is 17.6. The molecule has 3 N–H and O–H groups in total. The van der Waals surface area contributed by atoms with Crippen LogP contribution in [0.5, 0.6) is 0 Å². The molecule has 0 spiro atoms. The molecule has 1 aliphatic heterocycles. The van der Waals surface area contributed by atoms with E-state index in [0.717, 1.165) is 36.9 Å². The number of rotatable bonds is 9. The van der Waals surface area contributed by atoms with Gasteiger partial charge in [0, 0.05) is 61.8 Å². The second-order valence-electron chi connectivity index (χ2n) is 9.71. The third-order valence-corrected chi connectivity index (χ3v) is 7.51. The number of nitrogens with zero attached hydrogens (tertiary/aromatic N) is 2. The van der Waals surface area contributed by atoms with Crippen molar-refractivity contribution < 1.29 is 19.5 Å². The molecule has 5 rings (SSSR count). The van der Waals surface area contributed by atoms with Crippen molar-refractivity contribution >= 4 is 28.8 Å². The fourth-order valence-corrected chi connectivity index (χ4v) is 5.54. The van der Waals surface area contributed by atoms with Gasteiger partial charge in [-0.25, -0.2) is 5.48 Å². The van der Waals surface area contributed by atoms with E-state index in [1.54, 1.807) is 11.6 Å². The first-order chi connectivity index (χ1) is 18.1. The Morgan fingerprint density at radius 1 is 1.16 bits per heavy atom. The van der Waals surface area contributed by atoms with E-state index in [0.29, 0.717) is 39.3 Å². The molecule has 1 atom stereocenters. The maximum atomic E-state index is 12.9. The SMILES string of the molecule is O=C(C=Cc1ccc2c(c1)CCC2N(CCC(=O)N1CCOCC1)CCc1c[nH]c2ccccc12)NO. The van der Waals surface area contributed by atoms with Crippen LogP contribution in [0.4, 0.5) is 0 Å². The van der Waals surface area contributed by atoms with Crippen LogP contribution in [0, 0.1) is 0 Å². The van der Waals surface area contributed by atoms with Gasteiger partial charge < -0.3 is 14.6 Å². The van der Waals surface area contributed by atoms with E-state index >= 15 is 0 Å². The Bertz CT molecular complexity index is 1280. The van der Waals surface area contributed by atoms with Crippen LogP contribution in [0.1, 0.15) is 41.1 Å². The number of benzene rings is 2. The zero-order chi connectivity index (χ0) is 25.6. The van der Waals surface area contributed by atoms with Crippen molar-refractivity contribution in [2.75, 3.05) is 39.4 Å². The fourth-order valence-electron chi connectivity index (χ4n) is 5.54. The van der Waals surface area contributed by atoms with E-state index in [9.17, 15) is 9.59 Å². The molecule has 2 amide bonds. The Kier molecular flexibility index (Phi) is 7.99. The molecular weight excluding hydrogens is 468 g/mol. The maximum absolute atomic E-state index is 12.9. The van der Waals surface area contributed by atoms with Crippen LogP contribution in [0.2, 0.25) is 0 Å². The zero-order valence-electron chi connectivity index (χ0n) is 21.0. The highest BCUT2D eigenvalue weighted by Crippen LogP contribution is 2.37. The van der Waals surface area contributed by atoms with Crippen molar-refractivity contribution in [3.05, 3.63) is 77.0 Å². The number of hydrogen-bond acceptors (Lipinski definition) is 5. The first-order valence-electron chi connectivity index (χ1n) is 13.0. The third-order valence-electron chi connectivity index (χ3n) is 7.51. The minimum absolute atomic E-state index is 0.196. The number of morpholine rings is 1. The summed E-state index contributed by atoms with van der Waals surface area (Å²) < 4.78 is 5.41. The molecule has 1 unspecified atom stereocenters. The van der Waals surface area contributed by atoms with Crippen molar-refractivity contribution in [2.24, 2.45) is 0 Å². The lowest BCUT2D eigenvalue weighted by Gasteiger charge is -2.32. The molecule has 2 heterocycles. The molecule has 1 fully saturated rings. The van der Waals surface area contributed by atoms with E-state index in [2.05, 4.69) is 46.4 Å². The summed E-state index contributed by atoms with van der Waals surface area (Å²) in [5, 5.41) is 9.97. The zero-order valence-corrected chi connectivity index (χ0v) is 21.0. The average molecular weight is 503 g/mol. The highest BCUT2D eigenvalue weighted by molar-refractivity contribution is 5.90. The number of nitrogens with one attached hydrogen (secondary N) is 2. The van der Waals surface area contributed by atoms with Crippen LogP contribution in [0.25, 0.3) is 17.0 Å². The van der Waals surface area contributed by atoms with Crippen LogP contribution in [-0.4, -0.2) is 71.2 Å². The Hall–Kier alpha value is -3.46. The minimum atomic E-state index is -0.549. The van der Waals surface area contributed by atoms with Gasteiger partial charge in [-0.15, -0.1) is 0 Å². The van der Waals surface area contributed by atoms with Gasteiger partial charge in [0.25, 0.3) is 5.91 Å². The number of aromatic amines is 1. The fraction of sp³-hybridized carbons (Fsp3) is 0.379. The van der Waals surface area contributed by atoms with E-state index in [4.69, 9.17) is 9.94 Å². The first kappa shape index (κ1) is 25.2. The van der Waals surface area contributed by atoms with Gasteiger partial charge >= 0.3 is 0 Å². The molecule has 3 aromatic rings. The van der Waals surface area contributed by atoms with Crippen molar-refractivity contribution in [2.45, 2.75) is 31.7 Å². The maximum Gasteiger partial charge on any atom is 0.267 e. The second-order valence-corrected chi connectivity index (χ2v) is 9.71. The van der Waals surface area contributed by atoms with Gasteiger partial charge in [0.2, 0.25) is 5.91 Å². The number of fused-ring (bicyclic) bond motifs is 2. The van der Waals surface area contributed by atoms with E-state index in [-0.39, 0.29) is 11.9 Å². The van der Waals surface area contributed by atoms with E-state index in [1.165, 1.54) is 28.2 Å². The summed E-state index contributed by atoms with van der Waals surface area (Å²) in [4.78, 5) is 32.1. The number of carbonyl (C=O) groups excluding carboxylic acids is 2. The number of ether oxygens (including phenoxy) is 1. The van der Waals surface area contributed by atoms with Crippen LogP contribution < -0.4 is 5.48 Å². The number of hydroxylamine groups is 1. The molecule has 1 saturated heterocycles. The second kappa shape index (κ2) is 11.7. The van der Waals surface area contributed by atoms with Crippen molar-refractivity contribution in [3.63, 3.8) is 0 Å².